The Labute approximate surface area is 119 Å². The molecular formula is C16H33NO2. The fraction of sp³-hybridized carbons (Fsp3) is 0.938. The van der Waals surface area contributed by atoms with Crippen molar-refractivity contribution < 1.29 is 9.90 Å². The third kappa shape index (κ3) is 15.4. The maximum Gasteiger partial charge on any atom is 0.303 e. The lowest BCUT2D eigenvalue weighted by molar-refractivity contribution is -0.138. The van der Waals surface area contributed by atoms with Crippen LogP contribution in [0.25, 0.3) is 0 Å². The second-order valence-corrected chi connectivity index (χ2v) is 5.72. The fourth-order valence-corrected chi connectivity index (χ4v) is 2.30. The highest BCUT2D eigenvalue weighted by atomic mass is 16.4. The van der Waals surface area contributed by atoms with Crippen LogP contribution < -0.4 is 5.32 Å². The fourth-order valence-electron chi connectivity index (χ4n) is 2.30. The predicted molar refractivity (Wildman–Crippen MR) is 81.5 cm³/mol. The monoisotopic (exact) mass is 271 g/mol. The molecule has 0 aromatic rings. The Kier molecular flexibility index (Phi) is 13.4. The minimum absolute atomic E-state index is 0.327. The molecule has 1 saturated heterocycles. The van der Waals surface area contributed by atoms with Gasteiger partial charge in [0.2, 0.25) is 0 Å². The van der Waals surface area contributed by atoms with Gasteiger partial charge in [-0.3, -0.25) is 4.79 Å². The summed E-state index contributed by atoms with van der Waals surface area (Å²) in [4.78, 5) is 10.3. The van der Waals surface area contributed by atoms with Crippen LogP contribution in [0, 0.1) is 5.92 Å². The first-order valence-corrected chi connectivity index (χ1v) is 8.09. The van der Waals surface area contributed by atoms with E-state index >= 15 is 0 Å². The normalized spacial score (nSPS) is 16.3. The van der Waals surface area contributed by atoms with Gasteiger partial charge < -0.3 is 10.4 Å². The zero-order chi connectivity index (χ0) is 14.3. The maximum atomic E-state index is 10.3. The van der Waals surface area contributed by atoms with Gasteiger partial charge in [0.1, 0.15) is 0 Å². The van der Waals surface area contributed by atoms with Crippen LogP contribution in [0.5, 0.6) is 0 Å². The standard InChI is InChI=1S/C11H22O2.C5H11N/c1-3-4-5-6-7-8-10(2)9-11(12)13;1-2-4-6-5-3-1/h10H,3-9H2,1-2H3,(H,12,13);6H,1-5H2. The van der Waals surface area contributed by atoms with Crippen LogP contribution >= 0.6 is 0 Å². The number of carboxylic acid groups (broad SMARTS) is 1. The Morgan fingerprint density at radius 1 is 1.11 bits per heavy atom. The van der Waals surface area contributed by atoms with Crippen LogP contribution in [0.15, 0.2) is 0 Å². The molecule has 0 aromatic carbocycles. The van der Waals surface area contributed by atoms with Crippen LogP contribution in [0.3, 0.4) is 0 Å². The molecule has 0 aliphatic carbocycles. The Balaban J connectivity index is 0.000000443. The van der Waals surface area contributed by atoms with Crippen molar-refractivity contribution >= 4 is 5.97 Å². The van der Waals surface area contributed by atoms with E-state index in [1.165, 1.54) is 64.5 Å². The largest absolute Gasteiger partial charge is 0.481 e. The van der Waals surface area contributed by atoms with Crippen molar-refractivity contribution in [3.63, 3.8) is 0 Å². The molecule has 1 aliphatic heterocycles. The lowest BCUT2D eigenvalue weighted by Gasteiger charge is -2.08. The number of carboxylic acids is 1. The molecule has 0 aromatic heterocycles. The lowest BCUT2D eigenvalue weighted by atomic mass is 9.99. The van der Waals surface area contributed by atoms with Gasteiger partial charge in [-0.25, -0.2) is 0 Å². The van der Waals surface area contributed by atoms with Gasteiger partial charge in [0.15, 0.2) is 0 Å². The summed E-state index contributed by atoms with van der Waals surface area (Å²) >= 11 is 0. The number of hydrogen-bond donors (Lipinski definition) is 2. The Morgan fingerprint density at radius 3 is 2.16 bits per heavy atom. The molecule has 1 atom stereocenters. The van der Waals surface area contributed by atoms with Gasteiger partial charge in [0.05, 0.1) is 0 Å². The van der Waals surface area contributed by atoms with Gasteiger partial charge >= 0.3 is 5.97 Å². The summed E-state index contributed by atoms with van der Waals surface area (Å²) in [5.41, 5.74) is 0. The summed E-state index contributed by atoms with van der Waals surface area (Å²) in [5, 5.41) is 11.8. The first kappa shape index (κ1) is 18.4. The molecule has 3 nitrogen and oxygen atoms in total. The van der Waals surface area contributed by atoms with Crippen molar-refractivity contribution in [2.75, 3.05) is 13.1 Å². The summed E-state index contributed by atoms with van der Waals surface area (Å²) in [7, 11) is 0. The molecule has 0 saturated carbocycles. The Hall–Kier alpha value is -0.570. The quantitative estimate of drug-likeness (QED) is 0.650. The summed E-state index contributed by atoms with van der Waals surface area (Å²) in [6.07, 6.45) is 11.9. The molecule has 19 heavy (non-hydrogen) atoms. The SMILES string of the molecule is C1CCNCC1.CCCCCCCC(C)CC(=O)O. The smallest absolute Gasteiger partial charge is 0.303 e. The van der Waals surface area contributed by atoms with Crippen LogP contribution in [0.4, 0.5) is 0 Å². The average molecular weight is 271 g/mol. The zero-order valence-electron chi connectivity index (χ0n) is 12.9. The van der Waals surface area contributed by atoms with Crippen LogP contribution in [-0.2, 0) is 4.79 Å². The topological polar surface area (TPSA) is 49.3 Å². The Bertz CT molecular complexity index is 191. The zero-order valence-corrected chi connectivity index (χ0v) is 12.9. The number of carbonyl (C=O) groups is 1. The summed E-state index contributed by atoms with van der Waals surface area (Å²) < 4.78 is 0. The molecule has 114 valence electrons. The molecule has 3 heteroatoms. The van der Waals surface area contributed by atoms with E-state index in [2.05, 4.69) is 12.2 Å². The van der Waals surface area contributed by atoms with Gasteiger partial charge in [-0.15, -0.1) is 0 Å². The molecule has 1 fully saturated rings. The van der Waals surface area contributed by atoms with E-state index in [1.807, 2.05) is 6.92 Å². The van der Waals surface area contributed by atoms with Crippen molar-refractivity contribution in [3.05, 3.63) is 0 Å². The molecule has 1 rings (SSSR count). The van der Waals surface area contributed by atoms with Crippen molar-refractivity contribution in [1.29, 1.82) is 0 Å². The number of rotatable bonds is 8. The number of nitrogens with one attached hydrogen (secondary N) is 1. The van der Waals surface area contributed by atoms with Crippen molar-refractivity contribution in [3.8, 4) is 0 Å². The van der Waals surface area contributed by atoms with Crippen LogP contribution in [0.2, 0.25) is 0 Å². The van der Waals surface area contributed by atoms with E-state index in [-0.39, 0.29) is 0 Å². The summed E-state index contributed by atoms with van der Waals surface area (Å²) in [5.74, 6) is -0.319. The third-order valence-electron chi connectivity index (χ3n) is 3.53. The van der Waals surface area contributed by atoms with Crippen molar-refractivity contribution in [1.82, 2.24) is 5.32 Å². The first-order chi connectivity index (χ1) is 9.16. The van der Waals surface area contributed by atoms with Gasteiger partial charge in [-0.1, -0.05) is 58.8 Å². The highest BCUT2D eigenvalue weighted by molar-refractivity contribution is 5.66. The van der Waals surface area contributed by atoms with Gasteiger partial charge in [-0.2, -0.15) is 0 Å². The minimum atomic E-state index is -0.666. The number of piperidine rings is 1. The highest BCUT2D eigenvalue weighted by Gasteiger charge is 2.06. The molecule has 0 spiro atoms. The van der Waals surface area contributed by atoms with E-state index in [0.29, 0.717) is 12.3 Å². The molecule has 1 unspecified atom stereocenters. The molecule has 1 aliphatic rings. The number of aliphatic carboxylic acids is 1. The molecule has 0 radical (unpaired) electrons. The third-order valence-corrected chi connectivity index (χ3v) is 3.53. The predicted octanol–water partition coefficient (Wildman–Crippen LogP) is 4.22. The molecular weight excluding hydrogens is 238 g/mol. The Morgan fingerprint density at radius 2 is 1.74 bits per heavy atom. The average Bonchev–Trinajstić information content (AvgIpc) is 2.40. The lowest BCUT2D eigenvalue weighted by Crippen LogP contribution is -2.21. The second kappa shape index (κ2) is 13.9. The van der Waals surface area contributed by atoms with Crippen molar-refractivity contribution in [2.24, 2.45) is 5.92 Å². The number of unbranched alkanes of at least 4 members (excludes halogenated alkanes) is 4. The van der Waals surface area contributed by atoms with E-state index in [4.69, 9.17) is 5.11 Å². The maximum absolute atomic E-state index is 10.3. The highest BCUT2D eigenvalue weighted by Crippen LogP contribution is 2.13. The number of hydrogen-bond acceptors (Lipinski definition) is 2. The van der Waals surface area contributed by atoms with E-state index in [1.54, 1.807) is 0 Å². The minimum Gasteiger partial charge on any atom is -0.481 e. The van der Waals surface area contributed by atoms with E-state index < -0.39 is 5.97 Å². The van der Waals surface area contributed by atoms with E-state index in [9.17, 15) is 4.79 Å². The molecule has 2 N–H and O–H groups in total. The molecule has 0 amide bonds. The second-order valence-electron chi connectivity index (χ2n) is 5.72. The van der Waals surface area contributed by atoms with E-state index in [0.717, 1.165) is 6.42 Å². The first-order valence-electron chi connectivity index (χ1n) is 8.09. The van der Waals surface area contributed by atoms with Crippen LogP contribution in [-0.4, -0.2) is 24.2 Å². The van der Waals surface area contributed by atoms with Gasteiger partial charge in [-0.05, 0) is 31.8 Å². The summed E-state index contributed by atoms with van der Waals surface area (Å²) in [6, 6.07) is 0. The summed E-state index contributed by atoms with van der Waals surface area (Å²) in [6.45, 7) is 6.72. The van der Waals surface area contributed by atoms with Gasteiger partial charge in [0, 0.05) is 6.42 Å². The van der Waals surface area contributed by atoms with Crippen molar-refractivity contribution in [2.45, 2.75) is 78.1 Å². The van der Waals surface area contributed by atoms with Crippen LogP contribution in [0.1, 0.15) is 78.1 Å². The molecule has 0 bridgehead atoms. The van der Waals surface area contributed by atoms with Gasteiger partial charge in [0.25, 0.3) is 0 Å². The molecule has 1 heterocycles.